The maximum Gasteiger partial charge on any atom is 0.139 e. The molecule has 9 heavy (non-hydrogen) atoms. The smallest absolute Gasteiger partial charge is 0.139 e. The highest BCUT2D eigenvalue weighted by molar-refractivity contribution is 5.87. The van der Waals surface area contributed by atoms with Gasteiger partial charge in [-0.25, -0.2) is 0 Å². The summed E-state index contributed by atoms with van der Waals surface area (Å²) in [5.41, 5.74) is 0. The van der Waals surface area contributed by atoms with Gasteiger partial charge in [0.2, 0.25) is 0 Å². The largest absolute Gasteiger partial charge is 0.299 e. The Morgan fingerprint density at radius 3 is 1.89 bits per heavy atom. The fraction of sp³-hybridized carbons (Fsp3) is 0.875. The van der Waals surface area contributed by atoms with Gasteiger partial charge in [-0.05, 0) is 18.3 Å². The van der Waals surface area contributed by atoms with Crippen molar-refractivity contribution in [3.63, 3.8) is 0 Å². The topological polar surface area (TPSA) is 17.1 Å². The van der Waals surface area contributed by atoms with Gasteiger partial charge in [0.25, 0.3) is 0 Å². The molecule has 0 unspecified atom stereocenters. The molecule has 0 aliphatic heterocycles. The summed E-state index contributed by atoms with van der Waals surface area (Å²) < 4.78 is 0. The van der Waals surface area contributed by atoms with Gasteiger partial charge in [0, 0.05) is 11.8 Å². The molecular formula is C8H12O. The summed E-state index contributed by atoms with van der Waals surface area (Å²) in [5, 5.41) is 0. The quantitative estimate of drug-likeness (QED) is 0.478. The second kappa shape index (κ2) is 1.39. The summed E-state index contributed by atoms with van der Waals surface area (Å²) in [6, 6.07) is 0. The molecule has 2 fully saturated rings. The van der Waals surface area contributed by atoms with Crippen molar-refractivity contribution < 1.29 is 4.79 Å². The third-order valence-electron chi connectivity index (χ3n) is 3.07. The molecule has 0 aromatic carbocycles. The van der Waals surface area contributed by atoms with Crippen molar-refractivity contribution in [2.24, 2.45) is 23.7 Å². The first-order valence-electron chi connectivity index (χ1n) is 3.75. The molecule has 2 aliphatic rings. The normalized spacial score (nSPS) is 55.6. The molecule has 0 amide bonds. The monoisotopic (exact) mass is 124 g/mol. The van der Waals surface area contributed by atoms with Crippen LogP contribution in [0, 0.1) is 23.7 Å². The van der Waals surface area contributed by atoms with E-state index < -0.39 is 0 Å². The highest BCUT2D eigenvalue weighted by Crippen LogP contribution is 2.56. The van der Waals surface area contributed by atoms with Crippen molar-refractivity contribution in [1.82, 2.24) is 0 Å². The fourth-order valence-corrected chi connectivity index (χ4v) is 2.22. The number of hydrogen-bond acceptors (Lipinski definition) is 1. The number of carbonyl (C=O) groups is 1. The molecule has 0 saturated heterocycles. The molecule has 0 heterocycles. The first-order valence-corrected chi connectivity index (χ1v) is 3.75. The zero-order valence-corrected chi connectivity index (χ0v) is 5.92. The van der Waals surface area contributed by atoms with Gasteiger partial charge in [0.15, 0.2) is 0 Å². The van der Waals surface area contributed by atoms with Crippen LogP contribution in [0.4, 0.5) is 0 Å². The molecule has 2 aliphatic carbocycles. The number of fused-ring (bicyclic) bond motifs is 1. The third-order valence-corrected chi connectivity index (χ3v) is 3.07. The van der Waals surface area contributed by atoms with E-state index in [9.17, 15) is 4.79 Å². The summed E-state index contributed by atoms with van der Waals surface area (Å²) in [6.07, 6.45) is 1.33. The predicted octanol–water partition coefficient (Wildman–Crippen LogP) is 1.48. The van der Waals surface area contributed by atoms with E-state index in [1.54, 1.807) is 0 Å². The molecule has 0 N–H and O–H groups in total. The Kier molecular flexibility index (Phi) is 0.842. The van der Waals surface area contributed by atoms with Crippen molar-refractivity contribution in [2.75, 3.05) is 0 Å². The number of rotatable bonds is 0. The minimum atomic E-state index is 0.394. The highest BCUT2D eigenvalue weighted by atomic mass is 16.1. The second-order valence-electron chi connectivity index (χ2n) is 3.54. The van der Waals surface area contributed by atoms with Gasteiger partial charge in [-0.1, -0.05) is 13.8 Å². The van der Waals surface area contributed by atoms with Crippen molar-refractivity contribution in [3.05, 3.63) is 0 Å². The first kappa shape index (κ1) is 5.45. The van der Waals surface area contributed by atoms with Gasteiger partial charge in [-0.15, -0.1) is 0 Å². The predicted molar refractivity (Wildman–Crippen MR) is 34.9 cm³/mol. The van der Waals surface area contributed by atoms with Crippen LogP contribution in [0.15, 0.2) is 0 Å². The summed E-state index contributed by atoms with van der Waals surface area (Å²) in [7, 11) is 0. The van der Waals surface area contributed by atoms with Gasteiger partial charge < -0.3 is 0 Å². The molecule has 2 rings (SSSR count). The molecular weight excluding hydrogens is 112 g/mol. The van der Waals surface area contributed by atoms with Crippen molar-refractivity contribution in [3.8, 4) is 0 Å². The number of ketones is 1. The Hall–Kier alpha value is -0.330. The summed E-state index contributed by atoms with van der Waals surface area (Å²) in [4.78, 5) is 11.1. The van der Waals surface area contributed by atoms with Crippen LogP contribution in [0.3, 0.4) is 0 Å². The van der Waals surface area contributed by atoms with Crippen molar-refractivity contribution in [1.29, 1.82) is 0 Å². The lowest BCUT2D eigenvalue weighted by Crippen LogP contribution is -2.13. The Bertz CT molecular complexity index is 146. The van der Waals surface area contributed by atoms with Crippen LogP contribution in [0.25, 0.3) is 0 Å². The number of hydrogen-bond donors (Lipinski definition) is 0. The van der Waals surface area contributed by atoms with E-state index in [1.807, 2.05) is 0 Å². The molecule has 2 saturated carbocycles. The van der Waals surface area contributed by atoms with E-state index in [0.29, 0.717) is 17.6 Å². The van der Waals surface area contributed by atoms with E-state index in [4.69, 9.17) is 0 Å². The van der Waals surface area contributed by atoms with Gasteiger partial charge in [-0.3, -0.25) is 4.79 Å². The van der Waals surface area contributed by atoms with Crippen LogP contribution in [-0.2, 0) is 4.79 Å². The Morgan fingerprint density at radius 2 is 1.67 bits per heavy atom. The lowest BCUT2D eigenvalue weighted by molar-refractivity contribution is -0.124. The zero-order chi connectivity index (χ0) is 6.59. The third kappa shape index (κ3) is 0.525. The SMILES string of the molecule is C[C@@H]1C(=O)[C@H](C)[C@H]2C[C@H]21. The summed E-state index contributed by atoms with van der Waals surface area (Å²) in [6.45, 7) is 4.16. The molecule has 0 aromatic heterocycles. The van der Waals surface area contributed by atoms with Crippen molar-refractivity contribution in [2.45, 2.75) is 20.3 Å². The van der Waals surface area contributed by atoms with Crippen molar-refractivity contribution >= 4 is 5.78 Å². The molecule has 0 spiro atoms. The average Bonchev–Trinajstić information content (AvgIpc) is 2.56. The lowest BCUT2D eigenvalue weighted by atomic mass is 9.99. The van der Waals surface area contributed by atoms with E-state index in [0.717, 1.165) is 11.8 Å². The molecule has 4 atom stereocenters. The van der Waals surface area contributed by atoms with E-state index in [2.05, 4.69) is 13.8 Å². The minimum Gasteiger partial charge on any atom is -0.299 e. The van der Waals surface area contributed by atoms with E-state index in [1.165, 1.54) is 6.42 Å². The van der Waals surface area contributed by atoms with Crippen LogP contribution in [0.5, 0.6) is 0 Å². The van der Waals surface area contributed by atoms with Gasteiger partial charge in [-0.2, -0.15) is 0 Å². The van der Waals surface area contributed by atoms with Crippen LogP contribution in [0.2, 0.25) is 0 Å². The number of Topliss-reactive ketones (excluding diaryl/α,β-unsaturated/α-hetero) is 1. The van der Waals surface area contributed by atoms with Crippen LogP contribution in [-0.4, -0.2) is 5.78 Å². The van der Waals surface area contributed by atoms with Gasteiger partial charge in [0.05, 0.1) is 0 Å². The number of carbonyl (C=O) groups excluding carboxylic acids is 1. The Balaban J connectivity index is 2.23. The minimum absolute atomic E-state index is 0.394. The molecule has 1 heteroatoms. The fourth-order valence-electron chi connectivity index (χ4n) is 2.22. The van der Waals surface area contributed by atoms with E-state index in [-0.39, 0.29) is 0 Å². The molecule has 50 valence electrons. The van der Waals surface area contributed by atoms with Crippen LogP contribution < -0.4 is 0 Å². The maximum absolute atomic E-state index is 11.1. The maximum atomic E-state index is 11.1. The van der Waals surface area contributed by atoms with Gasteiger partial charge in [0.1, 0.15) is 5.78 Å². The van der Waals surface area contributed by atoms with Gasteiger partial charge >= 0.3 is 0 Å². The molecule has 0 radical (unpaired) electrons. The van der Waals surface area contributed by atoms with Crippen LogP contribution in [0.1, 0.15) is 20.3 Å². The Labute approximate surface area is 55.4 Å². The standard InChI is InChI=1S/C8H12O/c1-4-6-3-7(6)5(2)8(4)9/h4-7H,3H2,1-2H3/t4-,5+,6-,7+. The lowest BCUT2D eigenvalue weighted by Gasteiger charge is -2.04. The Morgan fingerprint density at radius 1 is 1.22 bits per heavy atom. The average molecular weight is 124 g/mol. The molecule has 1 nitrogen and oxygen atoms in total. The summed E-state index contributed by atoms with van der Waals surface area (Å²) >= 11 is 0. The molecule has 0 aromatic rings. The highest BCUT2D eigenvalue weighted by Gasteiger charge is 2.55. The van der Waals surface area contributed by atoms with E-state index >= 15 is 0 Å². The second-order valence-corrected chi connectivity index (χ2v) is 3.54. The first-order chi connectivity index (χ1) is 4.22. The molecule has 0 bridgehead atoms. The summed E-state index contributed by atoms with van der Waals surface area (Å²) in [5.74, 6) is 2.87. The zero-order valence-electron chi connectivity index (χ0n) is 5.92. The van der Waals surface area contributed by atoms with Crippen LogP contribution >= 0.6 is 0 Å².